The third kappa shape index (κ3) is 3.38. The molecule has 32 heavy (non-hydrogen) atoms. The second kappa shape index (κ2) is 7.36. The van der Waals surface area contributed by atoms with Gasteiger partial charge in [-0.3, -0.25) is 0 Å². The number of halogens is 3. The van der Waals surface area contributed by atoms with Crippen molar-refractivity contribution in [1.82, 2.24) is 9.97 Å². The van der Waals surface area contributed by atoms with Crippen molar-refractivity contribution in [1.29, 1.82) is 0 Å². The number of rotatable bonds is 3. The predicted octanol–water partition coefficient (Wildman–Crippen LogP) is 7.44. The molecule has 4 aromatic rings. The number of aromatic nitrogens is 2. The molecule has 1 fully saturated rings. The number of aryl methyl sites for hydroxylation is 1. The summed E-state index contributed by atoms with van der Waals surface area (Å²) in [4.78, 5) is 8.82. The van der Waals surface area contributed by atoms with Crippen molar-refractivity contribution in [3.63, 3.8) is 0 Å². The van der Waals surface area contributed by atoms with Gasteiger partial charge in [-0.2, -0.15) is 13.2 Å². The Balaban J connectivity index is 1.58. The van der Waals surface area contributed by atoms with Gasteiger partial charge in [0.25, 0.3) is 0 Å². The minimum Gasteiger partial charge on any atom is -0.441 e. The number of oxazole rings is 2. The molecule has 0 N–H and O–H groups in total. The summed E-state index contributed by atoms with van der Waals surface area (Å²) >= 11 is 0. The van der Waals surface area contributed by atoms with Crippen molar-refractivity contribution in [3.8, 4) is 0 Å². The molecule has 2 heterocycles. The number of alkyl halides is 3. The van der Waals surface area contributed by atoms with Gasteiger partial charge in [0.1, 0.15) is 16.4 Å². The fourth-order valence-electron chi connectivity index (χ4n) is 4.79. The van der Waals surface area contributed by atoms with Gasteiger partial charge in [0.15, 0.2) is 22.9 Å². The van der Waals surface area contributed by atoms with E-state index in [4.69, 9.17) is 8.83 Å². The van der Waals surface area contributed by atoms with Crippen LogP contribution in [0.5, 0.6) is 0 Å². The smallest absolute Gasteiger partial charge is 0.402 e. The zero-order valence-corrected chi connectivity index (χ0v) is 18.3. The summed E-state index contributed by atoms with van der Waals surface area (Å²) in [6, 6.07) is 9.08. The predicted molar refractivity (Wildman–Crippen MR) is 116 cm³/mol. The minimum absolute atomic E-state index is 0.107. The molecule has 0 bridgehead atoms. The Morgan fingerprint density at radius 2 is 1.41 bits per heavy atom. The molecular weight excluding hydrogens is 417 g/mol. The number of hydrogen-bond acceptors (Lipinski definition) is 4. The Morgan fingerprint density at radius 3 is 2.00 bits per heavy atom. The third-order valence-electron chi connectivity index (χ3n) is 6.99. The molecule has 5 rings (SSSR count). The lowest BCUT2D eigenvalue weighted by Crippen LogP contribution is -2.40. The quantitative estimate of drug-likeness (QED) is 0.331. The standard InChI is InChI=1S/C25H25F3N2O2/c1-14-4-6-16(7-5-14)23-30-20-13-18(9-11-22(20)32-23)24(3,25(26,27)28)17-8-10-21-19(12-17)29-15(2)31-21/h8-14,16H,4-7H2,1-3H3. The molecule has 1 atom stereocenters. The molecule has 0 radical (unpaired) electrons. The van der Waals surface area contributed by atoms with Crippen molar-refractivity contribution >= 4 is 22.2 Å². The number of nitrogens with zero attached hydrogens (tertiary/aromatic N) is 2. The number of hydrogen-bond donors (Lipinski definition) is 0. The number of benzene rings is 2. The van der Waals surface area contributed by atoms with Gasteiger partial charge < -0.3 is 8.83 Å². The Kier molecular flexibility index (Phi) is 4.84. The van der Waals surface area contributed by atoms with Crippen molar-refractivity contribution in [2.45, 2.75) is 64.0 Å². The molecule has 2 aromatic heterocycles. The number of fused-ring (bicyclic) bond motifs is 2. The molecule has 7 heteroatoms. The molecule has 2 aromatic carbocycles. The zero-order valence-electron chi connectivity index (χ0n) is 18.3. The highest BCUT2D eigenvalue weighted by atomic mass is 19.4. The average molecular weight is 442 g/mol. The van der Waals surface area contributed by atoms with E-state index in [0.29, 0.717) is 39.9 Å². The van der Waals surface area contributed by atoms with E-state index < -0.39 is 11.6 Å². The molecule has 1 aliphatic rings. The van der Waals surface area contributed by atoms with Gasteiger partial charge in [-0.25, -0.2) is 9.97 Å². The summed E-state index contributed by atoms with van der Waals surface area (Å²) < 4.78 is 55.0. The summed E-state index contributed by atoms with van der Waals surface area (Å²) in [5.74, 6) is 1.98. The van der Waals surface area contributed by atoms with Gasteiger partial charge in [-0.05, 0) is 73.9 Å². The van der Waals surface area contributed by atoms with Crippen LogP contribution in [-0.2, 0) is 5.41 Å². The van der Waals surface area contributed by atoms with Crippen LogP contribution in [0.3, 0.4) is 0 Å². The van der Waals surface area contributed by atoms with Gasteiger partial charge in [-0.15, -0.1) is 0 Å². The Bertz CT molecular complexity index is 1280. The highest BCUT2D eigenvalue weighted by molar-refractivity contribution is 5.76. The van der Waals surface area contributed by atoms with E-state index in [-0.39, 0.29) is 17.0 Å². The maximum atomic E-state index is 14.5. The lowest BCUT2D eigenvalue weighted by atomic mass is 9.75. The van der Waals surface area contributed by atoms with Gasteiger partial charge in [0.05, 0.1) is 0 Å². The van der Waals surface area contributed by atoms with Crippen molar-refractivity contribution < 1.29 is 22.0 Å². The molecule has 1 aliphatic carbocycles. The van der Waals surface area contributed by atoms with Crippen LogP contribution in [-0.4, -0.2) is 16.1 Å². The minimum atomic E-state index is -4.53. The van der Waals surface area contributed by atoms with E-state index in [0.717, 1.165) is 25.7 Å². The summed E-state index contributed by atoms with van der Waals surface area (Å²) in [6.45, 7) is 5.11. The van der Waals surface area contributed by atoms with Crippen molar-refractivity contribution in [2.24, 2.45) is 5.92 Å². The zero-order chi connectivity index (χ0) is 22.7. The molecule has 1 saturated carbocycles. The molecule has 0 spiro atoms. The van der Waals surface area contributed by atoms with Crippen LogP contribution in [0.4, 0.5) is 13.2 Å². The Hall–Kier alpha value is -2.83. The van der Waals surface area contributed by atoms with E-state index in [2.05, 4.69) is 16.9 Å². The summed E-state index contributed by atoms with van der Waals surface area (Å²) in [5.41, 5.74) is -0.147. The van der Waals surface area contributed by atoms with E-state index in [9.17, 15) is 13.2 Å². The molecule has 0 aliphatic heterocycles. The van der Waals surface area contributed by atoms with Crippen LogP contribution in [0, 0.1) is 12.8 Å². The van der Waals surface area contributed by atoms with Gasteiger partial charge >= 0.3 is 6.18 Å². The monoisotopic (exact) mass is 442 g/mol. The van der Waals surface area contributed by atoms with Gasteiger partial charge in [-0.1, -0.05) is 19.1 Å². The largest absolute Gasteiger partial charge is 0.441 e. The first-order valence-electron chi connectivity index (χ1n) is 11.0. The van der Waals surface area contributed by atoms with Crippen molar-refractivity contribution in [2.75, 3.05) is 0 Å². The van der Waals surface area contributed by atoms with E-state index >= 15 is 0 Å². The fourth-order valence-corrected chi connectivity index (χ4v) is 4.79. The molecule has 4 nitrogen and oxygen atoms in total. The van der Waals surface area contributed by atoms with E-state index in [1.807, 2.05) is 0 Å². The van der Waals surface area contributed by atoms with Crippen LogP contribution in [0.1, 0.15) is 68.4 Å². The first-order valence-corrected chi connectivity index (χ1v) is 11.0. The van der Waals surface area contributed by atoms with Crippen LogP contribution in [0.25, 0.3) is 22.2 Å². The lowest BCUT2D eigenvalue weighted by Gasteiger charge is -2.33. The molecular formula is C25H25F3N2O2. The van der Waals surface area contributed by atoms with Crippen LogP contribution in [0.2, 0.25) is 0 Å². The molecule has 0 saturated heterocycles. The fraction of sp³-hybridized carbons (Fsp3) is 0.440. The van der Waals surface area contributed by atoms with Gasteiger partial charge in [0, 0.05) is 12.8 Å². The molecule has 1 unspecified atom stereocenters. The van der Waals surface area contributed by atoms with Gasteiger partial charge in [0.2, 0.25) is 0 Å². The topological polar surface area (TPSA) is 52.1 Å². The second-order valence-corrected chi connectivity index (χ2v) is 9.23. The average Bonchev–Trinajstić information content (AvgIpc) is 3.34. The third-order valence-corrected chi connectivity index (χ3v) is 6.99. The SMILES string of the molecule is Cc1nc2cc(C(C)(c3ccc4oc(C5CCC(C)CC5)nc4c3)C(F)(F)F)ccc2o1. The van der Waals surface area contributed by atoms with Crippen LogP contribution in [0.15, 0.2) is 45.2 Å². The van der Waals surface area contributed by atoms with Crippen LogP contribution >= 0.6 is 0 Å². The first-order chi connectivity index (χ1) is 15.1. The summed E-state index contributed by atoms with van der Waals surface area (Å²) in [5, 5.41) is 0. The molecule has 0 amide bonds. The maximum Gasteiger partial charge on any atom is 0.402 e. The Labute approximate surface area is 183 Å². The normalized spacial score (nSPS) is 21.8. The van der Waals surface area contributed by atoms with E-state index in [1.165, 1.54) is 31.2 Å². The first kappa shape index (κ1) is 21.0. The highest BCUT2D eigenvalue weighted by Crippen LogP contribution is 2.47. The maximum absolute atomic E-state index is 14.5. The summed E-state index contributed by atoms with van der Waals surface area (Å²) in [7, 11) is 0. The second-order valence-electron chi connectivity index (χ2n) is 9.23. The highest BCUT2D eigenvalue weighted by Gasteiger charge is 2.53. The Morgan fingerprint density at radius 1 is 0.844 bits per heavy atom. The van der Waals surface area contributed by atoms with E-state index in [1.54, 1.807) is 19.1 Å². The lowest BCUT2D eigenvalue weighted by molar-refractivity contribution is -0.173. The molecule has 168 valence electrons. The summed E-state index contributed by atoms with van der Waals surface area (Å²) in [6.07, 6.45) is -0.300. The van der Waals surface area contributed by atoms with Crippen molar-refractivity contribution in [3.05, 3.63) is 59.3 Å². The van der Waals surface area contributed by atoms with Crippen LogP contribution < -0.4 is 0 Å².